The lowest BCUT2D eigenvalue weighted by atomic mass is 10.2. The maximum Gasteiger partial charge on any atom is 0.410 e. The first-order valence-electron chi connectivity index (χ1n) is 7.32. The molecule has 0 saturated heterocycles. The minimum Gasteiger partial charge on any atom is -0.476 e. The Bertz CT molecular complexity index is 726. The number of nitrogens with zero attached hydrogens (tertiary/aromatic N) is 3. The molecule has 7 heteroatoms. The number of amides is 1. The topological polar surface area (TPSA) is 84.7 Å². The molecule has 0 radical (unpaired) electrons. The van der Waals surface area contributed by atoms with Crippen LogP contribution in [0.25, 0.3) is 0 Å². The molecule has 0 saturated carbocycles. The molecule has 1 amide bonds. The summed E-state index contributed by atoms with van der Waals surface area (Å²) >= 11 is 0. The number of carbonyl (C=O) groups excluding carboxylic acids is 1. The van der Waals surface area contributed by atoms with E-state index in [1.165, 1.54) is 6.07 Å². The van der Waals surface area contributed by atoms with Crippen LogP contribution in [-0.4, -0.2) is 37.9 Å². The molecule has 1 unspecified atom stereocenters. The molecule has 1 atom stereocenters. The van der Waals surface area contributed by atoms with E-state index in [9.17, 15) is 9.59 Å². The van der Waals surface area contributed by atoms with Crippen molar-refractivity contribution in [3.63, 3.8) is 0 Å². The number of hydrogen-bond donors (Lipinski definition) is 1. The van der Waals surface area contributed by atoms with E-state index in [0.717, 1.165) is 5.56 Å². The Morgan fingerprint density at radius 1 is 1.35 bits per heavy atom. The third kappa shape index (κ3) is 3.18. The Morgan fingerprint density at radius 3 is 2.78 bits per heavy atom. The number of aromatic carboxylic acids is 1. The van der Waals surface area contributed by atoms with E-state index in [0.29, 0.717) is 12.2 Å². The van der Waals surface area contributed by atoms with Gasteiger partial charge in [-0.15, -0.1) is 0 Å². The van der Waals surface area contributed by atoms with Crippen LogP contribution in [0.2, 0.25) is 0 Å². The Morgan fingerprint density at radius 2 is 2.09 bits per heavy atom. The lowest BCUT2D eigenvalue weighted by Crippen LogP contribution is -2.45. The molecule has 1 N–H and O–H groups in total. The van der Waals surface area contributed by atoms with Crippen molar-refractivity contribution in [2.75, 3.05) is 0 Å². The van der Waals surface area contributed by atoms with Crippen LogP contribution in [0, 0.1) is 0 Å². The van der Waals surface area contributed by atoms with E-state index in [1.54, 1.807) is 9.58 Å². The largest absolute Gasteiger partial charge is 0.476 e. The standard InChI is InChI=1S/C16H17N3O4/c1-11-8-19-13(7-14(17-19)15(20)21)9-18(11)16(22)23-10-12-5-3-2-4-6-12/h2-7,11H,8-10H2,1H3,(H,20,21). The first kappa shape index (κ1) is 15.1. The van der Waals surface area contributed by atoms with Crippen LogP contribution in [0.1, 0.15) is 28.7 Å². The highest BCUT2D eigenvalue weighted by Crippen LogP contribution is 2.19. The molecular formula is C16H17N3O4. The van der Waals surface area contributed by atoms with E-state index < -0.39 is 12.1 Å². The van der Waals surface area contributed by atoms with Crippen LogP contribution in [0.15, 0.2) is 36.4 Å². The minimum atomic E-state index is -1.07. The zero-order valence-electron chi connectivity index (χ0n) is 12.7. The van der Waals surface area contributed by atoms with Gasteiger partial charge >= 0.3 is 12.1 Å². The number of benzene rings is 1. The predicted octanol–water partition coefficient (Wildman–Crippen LogP) is 2.12. The van der Waals surface area contributed by atoms with E-state index in [4.69, 9.17) is 9.84 Å². The first-order valence-corrected chi connectivity index (χ1v) is 7.32. The lowest BCUT2D eigenvalue weighted by Gasteiger charge is -2.33. The second-order valence-electron chi connectivity index (χ2n) is 5.53. The fourth-order valence-corrected chi connectivity index (χ4v) is 2.57. The average Bonchev–Trinajstić information content (AvgIpc) is 2.96. The molecule has 0 aliphatic carbocycles. The van der Waals surface area contributed by atoms with Gasteiger partial charge in [0, 0.05) is 0 Å². The van der Waals surface area contributed by atoms with Crippen LogP contribution >= 0.6 is 0 Å². The molecule has 0 spiro atoms. The molecule has 7 nitrogen and oxygen atoms in total. The Balaban J connectivity index is 1.67. The van der Waals surface area contributed by atoms with Crippen molar-refractivity contribution in [1.82, 2.24) is 14.7 Å². The fraction of sp³-hybridized carbons (Fsp3) is 0.312. The summed E-state index contributed by atoms with van der Waals surface area (Å²) in [5.41, 5.74) is 1.60. The van der Waals surface area contributed by atoms with Crippen molar-refractivity contribution < 1.29 is 19.4 Å². The normalized spacial score (nSPS) is 16.7. The van der Waals surface area contributed by atoms with Crippen molar-refractivity contribution in [2.45, 2.75) is 32.7 Å². The predicted molar refractivity (Wildman–Crippen MR) is 80.8 cm³/mol. The molecule has 120 valence electrons. The molecule has 1 aromatic carbocycles. The second kappa shape index (κ2) is 6.12. The van der Waals surface area contributed by atoms with Crippen LogP contribution in [0.3, 0.4) is 0 Å². The molecule has 0 bridgehead atoms. The van der Waals surface area contributed by atoms with Crippen LogP contribution in [-0.2, 0) is 24.4 Å². The number of carbonyl (C=O) groups is 2. The highest BCUT2D eigenvalue weighted by atomic mass is 16.6. The van der Waals surface area contributed by atoms with Gasteiger partial charge in [-0.1, -0.05) is 30.3 Å². The third-order valence-corrected chi connectivity index (χ3v) is 3.82. The lowest BCUT2D eigenvalue weighted by molar-refractivity contribution is 0.0655. The highest BCUT2D eigenvalue weighted by molar-refractivity contribution is 5.85. The van der Waals surface area contributed by atoms with Gasteiger partial charge in [-0.05, 0) is 18.6 Å². The van der Waals surface area contributed by atoms with E-state index in [-0.39, 0.29) is 24.9 Å². The summed E-state index contributed by atoms with van der Waals surface area (Å²) in [4.78, 5) is 24.9. The van der Waals surface area contributed by atoms with Crippen LogP contribution in [0.5, 0.6) is 0 Å². The van der Waals surface area contributed by atoms with Crippen molar-refractivity contribution >= 4 is 12.1 Å². The fourth-order valence-electron chi connectivity index (χ4n) is 2.57. The van der Waals surface area contributed by atoms with Gasteiger partial charge in [-0.3, -0.25) is 9.58 Å². The summed E-state index contributed by atoms with van der Waals surface area (Å²) in [5.74, 6) is -1.07. The number of aromatic nitrogens is 2. The van der Waals surface area contributed by atoms with Crippen LogP contribution < -0.4 is 0 Å². The summed E-state index contributed by atoms with van der Waals surface area (Å²) in [6.07, 6.45) is -0.411. The average molecular weight is 315 g/mol. The number of carboxylic acid groups (broad SMARTS) is 1. The SMILES string of the molecule is CC1Cn2nc(C(=O)O)cc2CN1C(=O)OCc1ccccc1. The molecule has 1 aromatic heterocycles. The minimum absolute atomic E-state index is 0.00768. The first-order chi connectivity index (χ1) is 11.0. The van der Waals surface area contributed by atoms with Gasteiger partial charge in [0.1, 0.15) is 6.61 Å². The summed E-state index contributed by atoms with van der Waals surface area (Å²) in [5, 5.41) is 13.0. The molecule has 1 aliphatic rings. The van der Waals surface area contributed by atoms with Crippen molar-refractivity contribution in [3.05, 3.63) is 53.3 Å². The Labute approximate surface area is 133 Å². The summed E-state index contributed by atoms with van der Waals surface area (Å²) < 4.78 is 6.98. The van der Waals surface area contributed by atoms with Gasteiger partial charge < -0.3 is 9.84 Å². The smallest absolute Gasteiger partial charge is 0.410 e. The van der Waals surface area contributed by atoms with E-state index >= 15 is 0 Å². The number of fused-ring (bicyclic) bond motifs is 1. The molecule has 3 rings (SSSR count). The van der Waals surface area contributed by atoms with Gasteiger partial charge in [-0.2, -0.15) is 5.10 Å². The molecular weight excluding hydrogens is 298 g/mol. The van der Waals surface area contributed by atoms with Crippen molar-refractivity contribution in [3.8, 4) is 0 Å². The molecule has 2 heterocycles. The summed E-state index contributed by atoms with van der Waals surface area (Å²) in [6.45, 7) is 2.83. The van der Waals surface area contributed by atoms with Crippen molar-refractivity contribution in [2.24, 2.45) is 0 Å². The van der Waals surface area contributed by atoms with E-state index in [2.05, 4.69) is 5.10 Å². The quantitative estimate of drug-likeness (QED) is 0.938. The van der Waals surface area contributed by atoms with Crippen LogP contribution in [0.4, 0.5) is 4.79 Å². The van der Waals surface area contributed by atoms with Gasteiger partial charge in [0.25, 0.3) is 0 Å². The molecule has 23 heavy (non-hydrogen) atoms. The summed E-state index contributed by atoms with van der Waals surface area (Å²) in [7, 11) is 0. The zero-order valence-corrected chi connectivity index (χ0v) is 12.7. The molecule has 1 aliphatic heterocycles. The third-order valence-electron chi connectivity index (χ3n) is 3.82. The Kier molecular flexibility index (Phi) is 4.01. The monoisotopic (exact) mass is 315 g/mol. The molecule has 2 aromatic rings. The van der Waals surface area contributed by atoms with Gasteiger partial charge in [-0.25, -0.2) is 9.59 Å². The van der Waals surface area contributed by atoms with E-state index in [1.807, 2.05) is 37.3 Å². The number of carboxylic acids is 1. The van der Waals surface area contributed by atoms with Gasteiger partial charge in [0.15, 0.2) is 5.69 Å². The second-order valence-corrected chi connectivity index (χ2v) is 5.53. The zero-order chi connectivity index (χ0) is 16.4. The van der Waals surface area contributed by atoms with Crippen molar-refractivity contribution in [1.29, 1.82) is 0 Å². The van der Waals surface area contributed by atoms with Gasteiger partial charge in [0.2, 0.25) is 0 Å². The molecule has 0 fully saturated rings. The van der Waals surface area contributed by atoms with Gasteiger partial charge in [0.05, 0.1) is 24.8 Å². The number of ether oxygens (including phenoxy) is 1. The number of hydrogen-bond acceptors (Lipinski definition) is 4. The maximum atomic E-state index is 12.3. The number of rotatable bonds is 3. The highest BCUT2D eigenvalue weighted by Gasteiger charge is 2.30. The maximum absolute atomic E-state index is 12.3. The summed E-state index contributed by atoms with van der Waals surface area (Å²) in [6, 6.07) is 10.8. The Hall–Kier alpha value is -2.83.